The number of anilines is 1. The van der Waals surface area contributed by atoms with Gasteiger partial charge in [-0.15, -0.1) is 0 Å². The first-order valence-corrected chi connectivity index (χ1v) is 9.19. The third-order valence-corrected chi connectivity index (χ3v) is 5.21. The van der Waals surface area contributed by atoms with E-state index in [-0.39, 0.29) is 5.91 Å². The van der Waals surface area contributed by atoms with Gasteiger partial charge in [0.05, 0.1) is 12.2 Å². The number of nitrogens with zero attached hydrogens (tertiary/aromatic N) is 1. The van der Waals surface area contributed by atoms with Gasteiger partial charge in [0.25, 0.3) is 0 Å². The van der Waals surface area contributed by atoms with Gasteiger partial charge in [-0.05, 0) is 76.5 Å². The predicted octanol–water partition coefficient (Wildman–Crippen LogP) is 3.45. The van der Waals surface area contributed by atoms with Crippen LogP contribution in [0, 0.1) is 5.92 Å². The van der Waals surface area contributed by atoms with Crippen LogP contribution in [0.4, 0.5) is 5.69 Å². The van der Waals surface area contributed by atoms with Crippen LogP contribution in [0.1, 0.15) is 6.42 Å². The zero-order valence-corrected chi connectivity index (χ0v) is 16.5. The first-order chi connectivity index (χ1) is 9.99. The highest BCUT2D eigenvalue weighted by molar-refractivity contribution is 9.11. The van der Waals surface area contributed by atoms with Crippen molar-refractivity contribution in [2.45, 2.75) is 6.42 Å². The lowest BCUT2D eigenvalue weighted by Gasteiger charge is -2.17. The number of hydrogen-bond acceptors (Lipinski definition) is 3. The summed E-state index contributed by atoms with van der Waals surface area (Å²) in [6.45, 7) is 3.43. The molecule has 0 bridgehead atoms. The first kappa shape index (κ1) is 17.4. The summed E-state index contributed by atoms with van der Waals surface area (Å²) in [6.07, 6.45) is 1.15. The van der Waals surface area contributed by atoms with Crippen LogP contribution in [0.15, 0.2) is 25.6 Å². The summed E-state index contributed by atoms with van der Waals surface area (Å²) < 4.78 is 2.66. The summed E-state index contributed by atoms with van der Waals surface area (Å²) in [5, 5.41) is 6.17. The number of carbonyl (C=O) groups is 1. The maximum Gasteiger partial charge on any atom is 0.238 e. The van der Waals surface area contributed by atoms with Crippen molar-refractivity contribution in [1.29, 1.82) is 0 Å². The number of carbonyl (C=O) groups excluding carboxylic acids is 1. The number of halogens is 3. The normalized spacial score (nSPS) is 19.0. The molecule has 1 aromatic rings. The molecule has 116 valence electrons. The molecule has 0 spiro atoms. The molecule has 1 unspecified atom stereocenters. The van der Waals surface area contributed by atoms with Gasteiger partial charge in [0, 0.05) is 20.0 Å². The summed E-state index contributed by atoms with van der Waals surface area (Å²) in [7, 11) is 1.97. The molecular formula is C14H18Br3N3O. The number of amides is 1. The Morgan fingerprint density at radius 3 is 2.62 bits per heavy atom. The predicted molar refractivity (Wildman–Crippen MR) is 96.6 cm³/mol. The molecule has 4 nitrogen and oxygen atoms in total. The maximum absolute atomic E-state index is 12.2. The van der Waals surface area contributed by atoms with Gasteiger partial charge in [0.2, 0.25) is 5.91 Å². The Bertz CT molecular complexity index is 501. The number of likely N-dealkylation sites (tertiary alicyclic amines) is 1. The minimum Gasteiger partial charge on any atom is -0.323 e. The standard InChI is InChI=1S/C14H18Br3N3O/c1-18-6-9-2-3-20(7-9)8-13(21)19-14-11(16)4-10(15)5-12(14)17/h4-5,9,18H,2-3,6-8H2,1H3,(H,19,21). The SMILES string of the molecule is CNCC1CCN(CC(=O)Nc2c(Br)cc(Br)cc2Br)C1. The van der Waals surface area contributed by atoms with Gasteiger partial charge in [-0.25, -0.2) is 0 Å². The molecule has 1 heterocycles. The van der Waals surface area contributed by atoms with Crippen LogP contribution in [0.3, 0.4) is 0 Å². The van der Waals surface area contributed by atoms with Gasteiger partial charge < -0.3 is 10.6 Å². The second-order valence-electron chi connectivity index (χ2n) is 5.24. The fraction of sp³-hybridized carbons (Fsp3) is 0.500. The third-order valence-electron chi connectivity index (χ3n) is 3.50. The Morgan fingerprint density at radius 1 is 1.33 bits per heavy atom. The van der Waals surface area contributed by atoms with Crippen LogP contribution < -0.4 is 10.6 Å². The van der Waals surface area contributed by atoms with E-state index >= 15 is 0 Å². The highest BCUT2D eigenvalue weighted by Gasteiger charge is 2.23. The fourth-order valence-electron chi connectivity index (χ4n) is 2.56. The molecule has 1 atom stereocenters. The molecule has 0 aromatic heterocycles. The highest BCUT2D eigenvalue weighted by atomic mass is 79.9. The van der Waals surface area contributed by atoms with E-state index in [9.17, 15) is 4.79 Å². The third kappa shape index (κ3) is 5.03. The van der Waals surface area contributed by atoms with E-state index < -0.39 is 0 Å². The highest BCUT2D eigenvalue weighted by Crippen LogP contribution is 2.34. The molecule has 21 heavy (non-hydrogen) atoms. The van der Waals surface area contributed by atoms with Crippen molar-refractivity contribution < 1.29 is 4.79 Å². The second-order valence-corrected chi connectivity index (χ2v) is 7.86. The Morgan fingerprint density at radius 2 is 2.00 bits per heavy atom. The second kappa shape index (κ2) is 8.06. The largest absolute Gasteiger partial charge is 0.323 e. The van der Waals surface area contributed by atoms with Crippen LogP contribution in [0.2, 0.25) is 0 Å². The quantitative estimate of drug-likeness (QED) is 0.674. The van der Waals surface area contributed by atoms with Crippen molar-refractivity contribution >= 4 is 59.4 Å². The van der Waals surface area contributed by atoms with E-state index in [0.717, 1.165) is 45.2 Å². The van der Waals surface area contributed by atoms with Crippen molar-refractivity contribution in [2.24, 2.45) is 5.92 Å². The first-order valence-electron chi connectivity index (χ1n) is 6.81. The van der Waals surface area contributed by atoms with Gasteiger partial charge in [-0.3, -0.25) is 9.69 Å². The molecule has 1 fully saturated rings. The summed E-state index contributed by atoms with van der Waals surface area (Å²) in [4.78, 5) is 14.4. The van der Waals surface area contributed by atoms with Gasteiger partial charge in [-0.1, -0.05) is 15.9 Å². The van der Waals surface area contributed by atoms with Crippen molar-refractivity contribution in [1.82, 2.24) is 10.2 Å². The monoisotopic (exact) mass is 481 g/mol. The maximum atomic E-state index is 12.2. The molecule has 1 saturated heterocycles. The van der Waals surface area contributed by atoms with E-state index in [1.54, 1.807) is 0 Å². The number of rotatable bonds is 5. The number of benzene rings is 1. The smallest absolute Gasteiger partial charge is 0.238 e. The molecule has 0 radical (unpaired) electrons. The molecule has 2 rings (SSSR count). The minimum absolute atomic E-state index is 0.0174. The van der Waals surface area contributed by atoms with E-state index in [2.05, 4.69) is 63.3 Å². The lowest BCUT2D eigenvalue weighted by atomic mass is 10.1. The van der Waals surface area contributed by atoms with Crippen LogP contribution in [0.25, 0.3) is 0 Å². The molecule has 0 aliphatic carbocycles. The average molecular weight is 484 g/mol. The number of nitrogens with one attached hydrogen (secondary N) is 2. The Hall–Kier alpha value is 0.0500. The van der Waals surface area contributed by atoms with Gasteiger partial charge in [0.15, 0.2) is 0 Å². The number of hydrogen-bond donors (Lipinski definition) is 2. The van der Waals surface area contributed by atoms with E-state index in [1.807, 2.05) is 19.2 Å². The van der Waals surface area contributed by atoms with Crippen molar-refractivity contribution in [3.8, 4) is 0 Å². The molecular weight excluding hydrogens is 466 g/mol. The fourth-order valence-corrected chi connectivity index (χ4v) is 5.01. The molecule has 1 aliphatic heterocycles. The summed E-state index contributed by atoms with van der Waals surface area (Å²) in [5.41, 5.74) is 0.772. The molecule has 1 aliphatic rings. The van der Waals surface area contributed by atoms with Crippen LogP contribution >= 0.6 is 47.8 Å². The minimum atomic E-state index is 0.0174. The Balaban J connectivity index is 1.91. The zero-order chi connectivity index (χ0) is 15.4. The molecule has 2 N–H and O–H groups in total. The average Bonchev–Trinajstić information content (AvgIpc) is 2.81. The van der Waals surface area contributed by atoms with Gasteiger partial charge in [0.1, 0.15) is 0 Å². The van der Waals surface area contributed by atoms with Crippen molar-refractivity contribution in [2.75, 3.05) is 38.5 Å². The van der Waals surface area contributed by atoms with E-state index in [1.165, 1.54) is 0 Å². The Labute approximate surface area is 150 Å². The summed E-state index contributed by atoms with van der Waals surface area (Å²) in [5.74, 6) is 0.665. The molecule has 7 heteroatoms. The van der Waals surface area contributed by atoms with Gasteiger partial charge in [-0.2, -0.15) is 0 Å². The molecule has 1 amide bonds. The lowest BCUT2D eigenvalue weighted by molar-refractivity contribution is -0.117. The molecule has 0 saturated carbocycles. The van der Waals surface area contributed by atoms with Gasteiger partial charge >= 0.3 is 0 Å². The van der Waals surface area contributed by atoms with Crippen LogP contribution in [0.5, 0.6) is 0 Å². The van der Waals surface area contributed by atoms with Crippen molar-refractivity contribution in [3.05, 3.63) is 25.6 Å². The summed E-state index contributed by atoms with van der Waals surface area (Å²) >= 11 is 10.4. The van der Waals surface area contributed by atoms with E-state index in [4.69, 9.17) is 0 Å². The zero-order valence-electron chi connectivity index (χ0n) is 11.8. The molecule has 1 aromatic carbocycles. The van der Waals surface area contributed by atoms with Crippen LogP contribution in [-0.2, 0) is 4.79 Å². The van der Waals surface area contributed by atoms with E-state index in [0.29, 0.717) is 12.5 Å². The summed E-state index contributed by atoms with van der Waals surface area (Å²) in [6, 6.07) is 3.83. The van der Waals surface area contributed by atoms with Crippen LogP contribution in [-0.4, -0.2) is 44.0 Å². The van der Waals surface area contributed by atoms with Crippen molar-refractivity contribution in [3.63, 3.8) is 0 Å². The topological polar surface area (TPSA) is 44.4 Å². The lowest BCUT2D eigenvalue weighted by Crippen LogP contribution is -2.32. The Kier molecular flexibility index (Phi) is 6.68.